The van der Waals surface area contributed by atoms with Gasteiger partial charge in [0.25, 0.3) is 0 Å². The molecule has 14 heavy (non-hydrogen) atoms. The SMILES string of the molecule is CC(C)Cc1cc2cnncc2cn1. The van der Waals surface area contributed by atoms with Crippen molar-refractivity contribution in [1.29, 1.82) is 0 Å². The molecule has 2 heterocycles. The molecule has 0 amide bonds. The summed E-state index contributed by atoms with van der Waals surface area (Å²) in [4.78, 5) is 4.38. The van der Waals surface area contributed by atoms with Crippen molar-refractivity contribution in [2.45, 2.75) is 20.3 Å². The van der Waals surface area contributed by atoms with E-state index in [1.165, 1.54) is 0 Å². The van der Waals surface area contributed by atoms with E-state index < -0.39 is 0 Å². The first kappa shape index (κ1) is 9.06. The standard InChI is InChI=1S/C11H13N3/c1-8(2)3-11-4-9-6-13-14-7-10(9)5-12-11/h4-8H,3H2,1-2H3. The fraction of sp³-hybridized carbons (Fsp3) is 0.364. The van der Waals surface area contributed by atoms with Gasteiger partial charge in [-0.25, -0.2) is 0 Å². The summed E-state index contributed by atoms with van der Waals surface area (Å²) >= 11 is 0. The molecular weight excluding hydrogens is 174 g/mol. The number of fused-ring (bicyclic) bond motifs is 1. The van der Waals surface area contributed by atoms with E-state index in [9.17, 15) is 0 Å². The van der Waals surface area contributed by atoms with E-state index in [1.807, 2.05) is 6.20 Å². The maximum atomic E-state index is 4.38. The van der Waals surface area contributed by atoms with Crippen molar-refractivity contribution in [2.75, 3.05) is 0 Å². The predicted molar refractivity (Wildman–Crippen MR) is 55.9 cm³/mol. The summed E-state index contributed by atoms with van der Waals surface area (Å²) < 4.78 is 0. The normalized spacial score (nSPS) is 11.1. The molecule has 72 valence electrons. The van der Waals surface area contributed by atoms with Crippen molar-refractivity contribution in [2.24, 2.45) is 5.92 Å². The quantitative estimate of drug-likeness (QED) is 0.723. The Kier molecular flexibility index (Phi) is 2.39. The lowest BCUT2D eigenvalue weighted by molar-refractivity contribution is 0.636. The van der Waals surface area contributed by atoms with E-state index in [-0.39, 0.29) is 0 Å². The minimum absolute atomic E-state index is 0.634. The Morgan fingerprint density at radius 3 is 2.50 bits per heavy atom. The fourth-order valence-electron chi connectivity index (χ4n) is 1.47. The maximum Gasteiger partial charge on any atom is 0.0590 e. The van der Waals surface area contributed by atoms with Crippen molar-refractivity contribution < 1.29 is 0 Å². The summed E-state index contributed by atoms with van der Waals surface area (Å²) in [5, 5.41) is 9.83. The summed E-state index contributed by atoms with van der Waals surface area (Å²) in [6, 6.07) is 2.09. The molecule has 0 bridgehead atoms. The molecular formula is C11H13N3. The number of hydrogen-bond acceptors (Lipinski definition) is 3. The molecule has 3 heteroatoms. The first-order chi connectivity index (χ1) is 6.75. The van der Waals surface area contributed by atoms with E-state index in [1.54, 1.807) is 12.4 Å². The van der Waals surface area contributed by atoms with Gasteiger partial charge in [-0.1, -0.05) is 13.8 Å². The first-order valence-electron chi connectivity index (χ1n) is 4.81. The Morgan fingerprint density at radius 2 is 1.79 bits per heavy atom. The summed E-state index contributed by atoms with van der Waals surface area (Å²) in [5.74, 6) is 0.634. The number of aromatic nitrogens is 3. The second-order valence-corrected chi connectivity index (χ2v) is 3.89. The maximum absolute atomic E-state index is 4.38. The van der Waals surface area contributed by atoms with Gasteiger partial charge < -0.3 is 0 Å². The summed E-state index contributed by atoms with van der Waals surface area (Å²) in [7, 11) is 0. The fourth-order valence-corrected chi connectivity index (χ4v) is 1.47. The van der Waals surface area contributed by atoms with Gasteiger partial charge in [0.05, 0.1) is 12.4 Å². The van der Waals surface area contributed by atoms with Crippen molar-refractivity contribution in [3.05, 3.63) is 30.4 Å². The van der Waals surface area contributed by atoms with Gasteiger partial charge in [-0.15, -0.1) is 0 Å². The zero-order valence-electron chi connectivity index (χ0n) is 8.44. The second kappa shape index (κ2) is 3.70. The molecule has 0 aliphatic carbocycles. The molecule has 2 aromatic rings. The van der Waals surface area contributed by atoms with Crippen LogP contribution in [0.1, 0.15) is 19.5 Å². The molecule has 0 atom stereocenters. The highest BCUT2D eigenvalue weighted by molar-refractivity contribution is 5.79. The van der Waals surface area contributed by atoms with Gasteiger partial charge in [0, 0.05) is 22.7 Å². The van der Waals surface area contributed by atoms with Gasteiger partial charge >= 0.3 is 0 Å². The lowest BCUT2D eigenvalue weighted by atomic mass is 10.1. The second-order valence-electron chi connectivity index (χ2n) is 3.89. The molecule has 3 nitrogen and oxygen atoms in total. The Labute approximate surface area is 83.2 Å². The van der Waals surface area contributed by atoms with Gasteiger partial charge in [-0.3, -0.25) is 4.98 Å². The highest BCUT2D eigenvalue weighted by Gasteiger charge is 2.00. The Morgan fingerprint density at radius 1 is 1.07 bits per heavy atom. The average molecular weight is 187 g/mol. The van der Waals surface area contributed by atoms with E-state index >= 15 is 0 Å². The van der Waals surface area contributed by atoms with Crippen LogP contribution in [0.15, 0.2) is 24.7 Å². The molecule has 0 saturated heterocycles. The number of rotatable bonds is 2. The lowest BCUT2D eigenvalue weighted by Gasteiger charge is -2.04. The van der Waals surface area contributed by atoms with Gasteiger partial charge in [0.15, 0.2) is 0 Å². The average Bonchev–Trinajstić information content (AvgIpc) is 2.17. The molecule has 0 radical (unpaired) electrons. The van der Waals surface area contributed by atoms with E-state index in [0.717, 1.165) is 22.9 Å². The Balaban J connectivity index is 2.41. The molecule has 0 saturated carbocycles. The third-order valence-corrected chi connectivity index (χ3v) is 2.10. The van der Waals surface area contributed by atoms with Gasteiger partial charge in [0.2, 0.25) is 0 Å². The van der Waals surface area contributed by atoms with Crippen LogP contribution in [0.2, 0.25) is 0 Å². The molecule has 0 N–H and O–H groups in total. The van der Waals surface area contributed by atoms with E-state index in [0.29, 0.717) is 5.92 Å². The van der Waals surface area contributed by atoms with Crippen molar-refractivity contribution in [3.63, 3.8) is 0 Å². The highest BCUT2D eigenvalue weighted by Crippen LogP contribution is 2.13. The molecule has 2 rings (SSSR count). The summed E-state index contributed by atoms with van der Waals surface area (Å²) in [5.41, 5.74) is 1.13. The zero-order valence-corrected chi connectivity index (χ0v) is 8.44. The molecule has 0 unspecified atom stereocenters. The smallest absolute Gasteiger partial charge is 0.0590 e. The Bertz CT molecular complexity index is 437. The highest BCUT2D eigenvalue weighted by atomic mass is 15.1. The van der Waals surface area contributed by atoms with Crippen molar-refractivity contribution in [3.8, 4) is 0 Å². The van der Waals surface area contributed by atoms with Crippen LogP contribution in [0.4, 0.5) is 0 Å². The van der Waals surface area contributed by atoms with Crippen molar-refractivity contribution >= 4 is 10.8 Å². The molecule has 2 aromatic heterocycles. The van der Waals surface area contributed by atoms with Crippen LogP contribution in [0, 0.1) is 5.92 Å². The monoisotopic (exact) mass is 187 g/mol. The molecule has 0 fully saturated rings. The van der Waals surface area contributed by atoms with Crippen LogP contribution in [-0.4, -0.2) is 15.2 Å². The largest absolute Gasteiger partial charge is 0.261 e. The Hall–Kier alpha value is -1.51. The van der Waals surface area contributed by atoms with Crippen molar-refractivity contribution in [1.82, 2.24) is 15.2 Å². The third-order valence-electron chi connectivity index (χ3n) is 2.10. The third kappa shape index (κ3) is 1.87. The number of hydrogen-bond donors (Lipinski definition) is 0. The van der Waals surface area contributed by atoms with Crippen LogP contribution >= 0.6 is 0 Å². The predicted octanol–water partition coefficient (Wildman–Crippen LogP) is 2.22. The number of nitrogens with zero attached hydrogens (tertiary/aromatic N) is 3. The van der Waals surface area contributed by atoms with Crippen LogP contribution in [0.3, 0.4) is 0 Å². The topological polar surface area (TPSA) is 38.7 Å². The van der Waals surface area contributed by atoms with E-state index in [4.69, 9.17) is 0 Å². The van der Waals surface area contributed by atoms with Crippen LogP contribution in [0.25, 0.3) is 10.8 Å². The van der Waals surface area contributed by atoms with Crippen LogP contribution < -0.4 is 0 Å². The zero-order chi connectivity index (χ0) is 9.97. The molecule has 0 aromatic carbocycles. The minimum atomic E-state index is 0.634. The molecule has 0 aliphatic heterocycles. The minimum Gasteiger partial charge on any atom is -0.261 e. The van der Waals surface area contributed by atoms with Gasteiger partial charge in [0.1, 0.15) is 0 Å². The number of pyridine rings is 1. The van der Waals surface area contributed by atoms with Crippen LogP contribution in [0.5, 0.6) is 0 Å². The summed E-state index contributed by atoms with van der Waals surface area (Å²) in [6.45, 7) is 4.38. The van der Waals surface area contributed by atoms with Crippen LogP contribution in [-0.2, 0) is 6.42 Å². The lowest BCUT2D eigenvalue weighted by Crippen LogP contribution is -1.97. The molecule has 0 aliphatic rings. The van der Waals surface area contributed by atoms with Gasteiger partial charge in [-0.2, -0.15) is 10.2 Å². The summed E-state index contributed by atoms with van der Waals surface area (Å²) in [6.07, 6.45) is 6.39. The molecule has 0 spiro atoms. The first-order valence-corrected chi connectivity index (χ1v) is 4.81. The van der Waals surface area contributed by atoms with Gasteiger partial charge in [-0.05, 0) is 18.4 Å². The van der Waals surface area contributed by atoms with E-state index in [2.05, 4.69) is 35.1 Å².